The zero-order chi connectivity index (χ0) is 17.7. The van der Waals surface area contributed by atoms with Crippen molar-refractivity contribution in [1.82, 2.24) is 5.32 Å². The van der Waals surface area contributed by atoms with E-state index in [1.807, 2.05) is 0 Å². The van der Waals surface area contributed by atoms with Crippen LogP contribution in [0.5, 0.6) is 0 Å². The monoisotopic (exact) mass is 408 g/mol. The summed E-state index contributed by atoms with van der Waals surface area (Å²) in [6.07, 6.45) is 9.44. The zero-order valence-electron chi connectivity index (χ0n) is 14.5. The molecule has 0 aliphatic heterocycles. The van der Waals surface area contributed by atoms with Gasteiger partial charge in [0.1, 0.15) is 5.54 Å². The fourth-order valence-corrected chi connectivity index (χ4v) is 7.67. The molecule has 1 N–H and O–H groups in total. The van der Waals surface area contributed by atoms with Gasteiger partial charge in [0.2, 0.25) is 0 Å². The van der Waals surface area contributed by atoms with Crippen LogP contribution in [0.25, 0.3) is 0 Å². The van der Waals surface area contributed by atoms with Gasteiger partial charge in [-0.15, -0.1) is 0 Å². The molecule has 0 aromatic rings. The normalized spacial score (nSPS) is 40.5. The number of carbonyl (C=O) groups excluding carboxylic acids is 2. The van der Waals surface area contributed by atoms with E-state index in [1.165, 1.54) is 6.42 Å². The van der Waals surface area contributed by atoms with Crippen LogP contribution >= 0.6 is 15.9 Å². The number of carbonyl (C=O) groups is 2. The highest BCUT2D eigenvalue weighted by Crippen LogP contribution is 2.64. The number of esters is 1. The van der Waals surface area contributed by atoms with Gasteiger partial charge < -0.3 is 10.1 Å². The summed E-state index contributed by atoms with van der Waals surface area (Å²) in [7, 11) is 0. The lowest BCUT2D eigenvalue weighted by Gasteiger charge is -2.58. The van der Waals surface area contributed by atoms with Crippen molar-refractivity contribution in [3.63, 3.8) is 0 Å². The van der Waals surface area contributed by atoms with Gasteiger partial charge in [-0.1, -0.05) is 15.9 Å². The predicted molar refractivity (Wildman–Crippen MR) is 94.7 cm³/mol. The lowest BCUT2D eigenvalue weighted by molar-refractivity contribution is -0.171. The van der Waals surface area contributed by atoms with Crippen LogP contribution in [0, 0.1) is 28.6 Å². The van der Waals surface area contributed by atoms with Crippen molar-refractivity contribution in [1.29, 1.82) is 5.26 Å². The number of alkyl halides is 1. The molecule has 136 valence electrons. The van der Waals surface area contributed by atoms with Crippen LogP contribution in [-0.4, -0.2) is 28.3 Å². The standard InChI is InChI=1S/C19H25BrN2O3/c20-18-8-13-5-14(9-18)7-17(6-13,11-18)16(24)25-10-15(23)22-19(12-21)3-1-2-4-19/h13-14H,1-11H2,(H,22,23). The first-order valence-electron chi connectivity index (χ1n) is 9.45. The van der Waals surface area contributed by atoms with E-state index in [4.69, 9.17) is 4.74 Å². The Morgan fingerprint density at radius 2 is 1.80 bits per heavy atom. The molecule has 5 aliphatic carbocycles. The highest BCUT2D eigenvalue weighted by atomic mass is 79.9. The van der Waals surface area contributed by atoms with Gasteiger partial charge in [0, 0.05) is 4.32 Å². The molecule has 0 aromatic carbocycles. The summed E-state index contributed by atoms with van der Waals surface area (Å²) >= 11 is 3.89. The van der Waals surface area contributed by atoms with Crippen LogP contribution < -0.4 is 5.32 Å². The maximum atomic E-state index is 12.8. The lowest BCUT2D eigenvalue weighted by atomic mass is 9.49. The number of ether oxygens (including phenoxy) is 1. The topological polar surface area (TPSA) is 79.2 Å². The van der Waals surface area contributed by atoms with Crippen molar-refractivity contribution in [3.05, 3.63) is 0 Å². The molecular formula is C19H25BrN2O3. The number of halogens is 1. The first kappa shape index (κ1) is 17.3. The summed E-state index contributed by atoms with van der Waals surface area (Å²) in [5.41, 5.74) is -1.17. The van der Waals surface area contributed by atoms with Crippen molar-refractivity contribution in [2.45, 2.75) is 74.1 Å². The molecule has 2 atom stereocenters. The molecule has 1 amide bonds. The Morgan fingerprint density at radius 3 is 2.36 bits per heavy atom. The van der Waals surface area contributed by atoms with Gasteiger partial charge in [-0.05, 0) is 76.0 Å². The number of hydrogen-bond donors (Lipinski definition) is 1. The van der Waals surface area contributed by atoms with Crippen molar-refractivity contribution in [2.24, 2.45) is 17.3 Å². The van der Waals surface area contributed by atoms with Gasteiger partial charge in [-0.2, -0.15) is 5.26 Å². The molecule has 0 radical (unpaired) electrons. The van der Waals surface area contributed by atoms with E-state index >= 15 is 0 Å². The summed E-state index contributed by atoms with van der Waals surface area (Å²) in [5.74, 6) is 0.637. The van der Waals surface area contributed by atoms with Crippen molar-refractivity contribution < 1.29 is 14.3 Å². The lowest BCUT2D eigenvalue weighted by Crippen LogP contribution is -2.56. The summed E-state index contributed by atoms with van der Waals surface area (Å²) in [6, 6.07) is 2.23. The van der Waals surface area contributed by atoms with Gasteiger partial charge >= 0.3 is 5.97 Å². The van der Waals surface area contributed by atoms with E-state index in [-0.39, 0.29) is 22.8 Å². The number of nitrogens with zero attached hydrogens (tertiary/aromatic N) is 1. The third kappa shape index (κ3) is 3.09. The highest BCUT2D eigenvalue weighted by molar-refractivity contribution is 9.10. The summed E-state index contributed by atoms with van der Waals surface area (Å²) in [4.78, 5) is 25.1. The molecule has 5 saturated carbocycles. The third-order valence-corrected chi connectivity index (χ3v) is 7.73. The molecular weight excluding hydrogens is 384 g/mol. The Morgan fingerprint density at radius 1 is 1.16 bits per heavy atom. The number of nitriles is 1. The molecule has 0 aromatic heterocycles. The minimum absolute atomic E-state index is 0.0904. The average Bonchev–Trinajstić information content (AvgIpc) is 2.99. The average molecular weight is 409 g/mol. The zero-order valence-corrected chi connectivity index (χ0v) is 16.1. The molecule has 0 saturated heterocycles. The van der Waals surface area contributed by atoms with Gasteiger partial charge in [0.25, 0.3) is 5.91 Å². The number of rotatable bonds is 4. The predicted octanol–water partition coefficient (Wildman–Crippen LogP) is 3.22. The molecule has 5 fully saturated rings. The Balaban J connectivity index is 1.36. The quantitative estimate of drug-likeness (QED) is 0.571. The molecule has 0 heterocycles. The van der Waals surface area contributed by atoms with Crippen LogP contribution in [0.2, 0.25) is 0 Å². The summed E-state index contributed by atoms with van der Waals surface area (Å²) < 4.78 is 5.54. The van der Waals surface area contributed by atoms with E-state index in [0.717, 1.165) is 44.9 Å². The van der Waals surface area contributed by atoms with E-state index in [1.54, 1.807) is 0 Å². The van der Waals surface area contributed by atoms with Crippen LogP contribution in [0.15, 0.2) is 0 Å². The van der Waals surface area contributed by atoms with Gasteiger partial charge in [-0.3, -0.25) is 9.59 Å². The minimum atomic E-state index is -0.760. The van der Waals surface area contributed by atoms with Crippen LogP contribution in [-0.2, 0) is 14.3 Å². The fourth-order valence-electron chi connectivity index (χ4n) is 6.22. The van der Waals surface area contributed by atoms with Crippen molar-refractivity contribution >= 4 is 27.8 Å². The molecule has 6 heteroatoms. The van der Waals surface area contributed by atoms with E-state index < -0.39 is 11.0 Å². The van der Waals surface area contributed by atoms with Crippen molar-refractivity contribution in [3.8, 4) is 6.07 Å². The molecule has 2 unspecified atom stereocenters. The SMILES string of the molecule is N#CC1(NC(=O)COC(=O)C23CC4CC(CC(Br)(C4)C2)C3)CCCC1. The minimum Gasteiger partial charge on any atom is -0.455 e. The maximum absolute atomic E-state index is 12.8. The van der Waals surface area contributed by atoms with Crippen LogP contribution in [0.1, 0.15) is 64.2 Å². The molecule has 4 bridgehead atoms. The Hall–Kier alpha value is -1.09. The van der Waals surface area contributed by atoms with Crippen LogP contribution in [0.4, 0.5) is 0 Å². The molecule has 25 heavy (non-hydrogen) atoms. The first-order chi connectivity index (χ1) is 11.9. The number of nitrogens with one attached hydrogen (secondary N) is 1. The van der Waals surface area contributed by atoms with E-state index in [9.17, 15) is 14.9 Å². The fraction of sp³-hybridized carbons (Fsp3) is 0.842. The van der Waals surface area contributed by atoms with Crippen LogP contribution in [0.3, 0.4) is 0 Å². The maximum Gasteiger partial charge on any atom is 0.312 e. The highest BCUT2D eigenvalue weighted by Gasteiger charge is 2.60. The number of hydrogen-bond acceptors (Lipinski definition) is 4. The number of amides is 1. The van der Waals surface area contributed by atoms with Gasteiger partial charge in [0.05, 0.1) is 11.5 Å². The smallest absolute Gasteiger partial charge is 0.312 e. The summed E-state index contributed by atoms with van der Waals surface area (Å²) in [5, 5.41) is 12.1. The van der Waals surface area contributed by atoms with Crippen molar-refractivity contribution in [2.75, 3.05) is 6.61 Å². The second-order valence-corrected chi connectivity index (χ2v) is 10.6. The van der Waals surface area contributed by atoms with Gasteiger partial charge in [0.15, 0.2) is 6.61 Å². The third-order valence-electron chi connectivity index (χ3n) is 6.81. The molecule has 5 rings (SSSR count). The van der Waals surface area contributed by atoms with Gasteiger partial charge in [-0.25, -0.2) is 0 Å². The van der Waals surface area contributed by atoms with E-state index in [2.05, 4.69) is 27.3 Å². The van der Waals surface area contributed by atoms with E-state index in [0.29, 0.717) is 24.7 Å². The largest absolute Gasteiger partial charge is 0.455 e. The second kappa shape index (κ2) is 5.97. The summed E-state index contributed by atoms with van der Waals surface area (Å²) in [6.45, 7) is -0.269. The Bertz CT molecular complexity index is 621. The Kier molecular flexibility index (Phi) is 4.14. The molecule has 0 spiro atoms. The molecule has 5 nitrogen and oxygen atoms in total. The Labute approximate surface area is 157 Å². The molecule has 5 aliphatic rings. The first-order valence-corrected chi connectivity index (χ1v) is 10.2. The second-order valence-electron chi connectivity index (χ2n) is 8.92.